The smallest absolute Gasteiger partial charge is 0.208 e. The van der Waals surface area contributed by atoms with Gasteiger partial charge in [0, 0.05) is 23.5 Å². The van der Waals surface area contributed by atoms with Gasteiger partial charge in [0.2, 0.25) is 5.78 Å². The molecule has 0 bridgehead atoms. The summed E-state index contributed by atoms with van der Waals surface area (Å²) in [6.45, 7) is 0. The van der Waals surface area contributed by atoms with Gasteiger partial charge in [-0.1, -0.05) is 18.2 Å². The van der Waals surface area contributed by atoms with E-state index in [2.05, 4.69) is 6.07 Å². The van der Waals surface area contributed by atoms with Crippen LogP contribution in [0.1, 0.15) is 22.5 Å². The van der Waals surface area contributed by atoms with Gasteiger partial charge in [-0.05, 0) is 24.5 Å². The van der Waals surface area contributed by atoms with Crippen molar-refractivity contribution >= 4 is 16.7 Å². The first kappa shape index (κ1) is 10.1. The molecule has 0 fully saturated rings. The number of Topliss-reactive ketones (excluding diaryl/α,β-unsaturated/α-hetero) is 1. The fourth-order valence-electron chi connectivity index (χ4n) is 2.66. The lowest BCUT2D eigenvalue weighted by Gasteiger charge is -2.14. The highest BCUT2D eigenvalue weighted by Gasteiger charge is 2.27. The summed E-state index contributed by atoms with van der Waals surface area (Å²) in [6, 6.07) is 8.03. The molecule has 1 aliphatic carbocycles. The van der Waals surface area contributed by atoms with Crippen molar-refractivity contribution in [3.63, 3.8) is 0 Å². The molecule has 0 saturated carbocycles. The number of hydrogen-bond donors (Lipinski definition) is 1. The fourth-order valence-corrected chi connectivity index (χ4v) is 2.66. The molecule has 86 valence electrons. The van der Waals surface area contributed by atoms with E-state index < -0.39 is 0 Å². The zero-order chi connectivity index (χ0) is 12.0. The minimum absolute atomic E-state index is 0.0487. The predicted molar refractivity (Wildman–Crippen MR) is 66.3 cm³/mol. The zero-order valence-electron chi connectivity index (χ0n) is 9.60. The second kappa shape index (κ2) is 3.48. The monoisotopic (exact) mass is 227 g/mol. The van der Waals surface area contributed by atoms with Crippen LogP contribution in [0.5, 0.6) is 0 Å². The molecule has 1 N–H and O–H groups in total. The molecule has 0 spiro atoms. The van der Waals surface area contributed by atoms with Gasteiger partial charge in [0.15, 0.2) is 0 Å². The highest BCUT2D eigenvalue weighted by molar-refractivity contribution is 6.13. The number of aryl methyl sites for hydroxylation is 2. The molecule has 0 atom stereocenters. The first-order chi connectivity index (χ1) is 8.24. The van der Waals surface area contributed by atoms with Gasteiger partial charge in [-0.3, -0.25) is 4.79 Å². The number of benzene rings is 1. The van der Waals surface area contributed by atoms with Crippen LogP contribution in [0.3, 0.4) is 0 Å². The van der Waals surface area contributed by atoms with E-state index in [-0.39, 0.29) is 5.78 Å². The third-order valence-corrected chi connectivity index (χ3v) is 3.52. The Morgan fingerprint density at radius 2 is 2.06 bits per heavy atom. The number of hydrogen-bond acceptors (Lipinski definition) is 2. The number of aromatic nitrogens is 1. The number of para-hydroxylation sites is 1. The van der Waals surface area contributed by atoms with Crippen molar-refractivity contribution in [3.05, 3.63) is 47.4 Å². The van der Waals surface area contributed by atoms with Gasteiger partial charge in [-0.2, -0.15) is 0 Å². The van der Waals surface area contributed by atoms with E-state index in [9.17, 15) is 4.79 Å². The van der Waals surface area contributed by atoms with Crippen molar-refractivity contribution in [2.24, 2.45) is 7.05 Å². The SMILES string of the molecule is Cn1c2c(c3ccccc31)CCC(=CO)C2=O. The lowest BCUT2D eigenvalue weighted by molar-refractivity contribution is 0.101. The fraction of sp³-hybridized carbons (Fsp3) is 0.214. The quantitative estimate of drug-likeness (QED) is 0.555. The van der Waals surface area contributed by atoms with E-state index in [1.165, 1.54) is 0 Å². The molecule has 3 rings (SSSR count). The maximum atomic E-state index is 12.2. The number of aliphatic hydroxyl groups excluding tert-OH is 1. The first-order valence-corrected chi connectivity index (χ1v) is 5.68. The minimum Gasteiger partial charge on any atom is -0.515 e. The molecule has 0 radical (unpaired) electrons. The molecule has 1 heterocycles. The number of fused-ring (bicyclic) bond motifs is 3. The van der Waals surface area contributed by atoms with Crippen LogP contribution >= 0.6 is 0 Å². The summed E-state index contributed by atoms with van der Waals surface area (Å²) in [5.74, 6) is -0.0487. The van der Waals surface area contributed by atoms with Crippen LogP contribution < -0.4 is 0 Å². The Hall–Kier alpha value is -2.03. The molecule has 3 nitrogen and oxygen atoms in total. The number of allylic oxidation sites excluding steroid dienone is 1. The van der Waals surface area contributed by atoms with Crippen molar-refractivity contribution in [2.45, 2.75) is 12.8 Å². The molecule has 3 heteroatoms. The molecule has 2 aromatic rings. The Kier molecular flexibility index (Phi) is 2.08. The molecule has 1 aromatic carbocycles. The molecule has 0 aliphatic heterocycles. The van der Waals surface area contributed by atoms with Gasteiger partial charge in [-0.15, -0.1) is 0 Å². The summed E-state index contributed by atoms with van der Waals surface area (Å²) in [5.41, 5.74) is 3.41. The zero-order valence-corrected chi connectivity index (χ0v) is 9.60. The van der Waals surface area contributed by atoms with E-state index >= 15 is 0 Å². The van der Waals surface area contributed by atoms with Crippen LogP contribution in [-0.4, -0.2) is 15.5 Å². The van der Waals surface area contributed by atoms with E-state index in [4.69, 9.17) is 5.11 Å². The van der Waals surface area contributed by atoms with Gasteiger partial charge in [0.05, 0.1) is 12.0 Å². The number of nitrogens with zero attached hydrogens (tertiary/aromatic N) is 1. The van der Waals surface area contributed by atoms with Crippen LogP contribution in [0.15, 0.2) is 36.1 Å². The average molecular weight is 227 g/mol. The molecule has 0 unspecified atom stereocenters. The van der Waals surface area contributed by atoms with E-state index in [1.807, 2.05) is 29.8 Å². The van der Waals surface area contributed by atoms with Gasteiger partial charge in [0.25, 0.3) is 0 Å². The number of ketones is 1. The van der Waals surface area contributed by atoms with Crippen LogP contribution in [0, 0.1) is 0 Å². The third kappa shape index (κ3) is 1.25. The van der Waals surface area contributed by atoms with Crippen LogP contribution in [0.2, 0.25) is 0 Å². The van der Waals surface area contributed by atoms with E-state index in [0.717, 1.165) is 34.8 Å². The predicted octanol–water partition coefficient (Wildman–Crippen LogP) is 2.75. The number of rotatable bonds is 0. The van der Waals surface area contributed by atoms with Crippen molar-refractivity contribution in [1.82, 2.24) is 4.57 Å². The second-order valence-corrected chi connectivity index (χ2v) is 4.39. The maximum absolute atomic E-state index is 12.2. The Balaban J connectivity index is 2.37. The Bertz CT molecular complexity index is 650. The van der Waals surface area contributed by atoms with E-state index in [0.29, 0.717) is 12.0 Å². The summed E-state index contributed by atoms with van der Waals surface area (Å²) in [5, 5.41) is 10.2. The molecule has 17 heavy (non-hydrogen) atoms. The summed E-state index contributed by atoms with van der Waals surface area (Å²) in [4.78, 5) is 12.2. The molecule has 1 aromatic heterocycles. The number of carbonyl (C=O) groups is 1. The lowest BCUT2D eigenvalue weighted by atomic mass is 9.91. The Morgan fingerprint density at radius 3 is 2.82 bits per heavy atom. The van der Waals surface area contributed by atoms with Gasteiger partial charge < -0.3 is 9.67 Å². The summed E-state index contributed by atoms with van der Waals surface area (Å²) in [7, 11) is 1.90. The summed E-state index contributed by atoms with van der Waals surface area (Å²) in [6.07, 6.45) is 2.38. The largest absolute Gasteiger partial charge is 0.515 e. The summed E-state index contributed by atoms with van der Waals surface area (Å²) >= 11 is 0. The highest BCUT2D eigenvalue weighted by atomic mass is 16.2. The minimum atomic E-state index is -0.0487. The van der Waals surface area contributed by atoms with Crippen molar-refractivity contribution in [3.8, 4) is 0 Å². The highest BCUT2D eigenvalue weighted by Crippen LogP contribution is 2.32. The Morgan fingerprint density at radius 1 is 1.29 bits per heavy atom. The van der Waals surface area contributed by atoms with Crippen LogP contribution in [-0.2, 0) is 13.5 Å². The van der Waals surface area contributed by atoms with Crippen molar-refractivity contribution in [2.75, 3.05) is 0 Å². The van der Waals surface area contributed by atoms with Crippen LogP contribution in [0.25, 0.3) is 10.9 Å². The third-order valence-electron chi connectivity index (χ3n) is 3.52. The lowest BCUT2D eigenvalue weighted by Crippen LogP contribution is -2.16. The van der Waals surface area contributed by atoms with Crippen molar-refractivity contribution in [1.29, 1.82) is 0 Å². The molecular formula is C14H13NO2. The first-order valence-electron chi connectivity index (χ1n) is 5.68. The molecular weight excluding hydrogens is 214 g/mol. The summed E-state index contributed by atoms with van der Waals surface area (Å²) < 4.78 is 1.93. The molecule has 0 amide bonds. The maximum Gasteiger partial charge on any atom is 0.208 e. The molecule has 1 aliphatic rings. The average Bonchev–Trinajstić information content (AvgIpc) is 2.65. The van der Waals surface area contributed by atoms with Gasteiger partial charge in [-0.25, -0.2) is 0 Å². The normalized spacial score (nSPS) is 17.7. The van der Waals surface area contributed by atoms with E-state index in [1.54, 1.807) is 0 Å². The van der Waals surface area contributed by atoms with Gasteiger partial charge in [0.1, 0.15) is 0 Å². The number of aliphatic hydroxyl groups is 1. The van der Waals surface area contributed by atoms with Crippen LogP contribution in [0.4, 0.5) is 0 Å². The Labute approximate surface area is 99.0 Å². The second-order valence-electron chi connectivity index (χ2n) is 4.39. The standard InChI is InChI=1S/C14H13NO2/c1-15-12-5-3-2-4-10(12)11-7-6-9(8-16)14(17)13(11)15/h2-5,8,16H,6-7H2,1H3. The molecule has 0 saturated heterocycles. The van der Waals surface area contributed by atoms with Crippen molar-refractivity contribution < 1.29 is 9.90 Å². The topological polar surface area (TPSA) is 42.2 Å². The van der Waals surface area contributed by atoms with Gasteiger partial charge >= 0.3 is 0 Å². The number of carbonyl (C=O) groups excluding carboxylic acids is 1.